The van der Waals surface area contributed by atoms with Crippen LogP contribution < -0.4 is 24.8 Å². The minimum Gasteiger partial charge on any atom is -0.493 e. The fourth-order valence-electron chi connectivity index (χ4n) is 4.30. The van der Waals surface area contributed by atoms with Gasteiger partial charge >= 0.3 is 0 Å². The maximum atomic E-state index is 13.2. The zero-order valence-electron chi connectivity index (χ0n) is 24.2. The maximum absolute atomic E-state index is 13.2. The lowest BCUT2D eigenvalue weighted by atomic mass is 10.1. The topological polar surface area (TPSA) is 123 Å². The molecule has 0 atom stereocenters. The molecule has 11 heteroatoms. The molecule has 0 saturated carbocycles. The maximum Gasteiger partial charge on any atom is 0.263 e. The second kappa shape index (κ2) is 13.6. The highest BCUT2D eigenvalue weighted by atomic mass is 35.5. The van der Waals surface area contributed by atoms with Crippen LogP contribution in [-0.2, 0) is 16.4 Å². The van der Waals surface area contributed by atoms with Crippen LogP contribution in [0.4, 0.5) is 11.4 Å². The fraction of sp³-hybridized carbons (Fsp3) is 0.188. The van der Waals surface area contributed by atoms with Gasteiger partial charge in [-0.1, -0.05) is 35.9 Å². The number of sulfonamides is 1. The van der Waals surface area contributed by atoms with Crippen molar-refractivity contribution in [3.8, 4) is 11.5 Å². The van der Waals surface area contributed by atoms with Crippen molar-refractivity contribution in [3.05, 3.63) is 112 Å². The first-order chi connectivity index (χ1) is 20.5. The number of rotatable bonds is 11. The summed E-state index contributed by atoms with van der Waals surface area (Å²) in [7, 11) is -0.988. The van der Waals surface area contributed by atoms with Crippen LogP contribution in [0.5, 0.6) is 11.5 Å². The molecular weight excluding hydrogens is 590 g/mol. The van der Waals surface area contributed by atoms with Gasteiger partial charge in [0, 0.05) is 17.8 Å². The third-order valence-corrected chi connectivity index (χ3v) is 8.67. The Hall–Kier alpha value is -4.54. The molecule has 0 aliphatic rings. The number of hydrogen-bond donors (Lipinski definition) is 3. The van der Waals surface area contributed by atoms with Gasteiger partial charge in [-0.3, -0.25) is 14.3 Å². The van der Waals surface area contributed by atoms with Crippen molar-refractivity contribution in [2.24, 2.45) is 0 Å². The summed E-state index contributed by atoms with van der Waals surface area (Å²) in [6.45, 7) is 4.14. The molecule has 0 aliphatic carbocycles. The summed E-state index contributed by atoms with van der Waals surface area (Å²) in [5.74, 6) is 0.222. The van der Waals surface area contributed by atoms with E-state index in [1.54, 1.807) is 56.7 Å². The van der Waals surface area contributed by atoms with Crippen molar-refractivity contribution < 1.29 is 27.5 Å². The number of halogens is 1. The van der Waals surface area contributed by atoms with E-state index in [0.29, 0.717) is 30.2 Å². The van der Waals surface area contributed by atoms with Crippen molar-refractivity contribution >= 4 is 44.8 Å². The first-order valence-corrected chi connectivity index (χ1v) is 15.2. The van der Waals surface area contributed by atoms with Crippen LogP contribution in [0.15, 0.2) is 83.8 Å². The third kappa shape index (κ3) is 7.65. The summed E-state index contributed by atoms with van der Waals surface area (Å²) in [6, 6.07) is 21.2. The molecule has 0 aliphatic heterocycles. The highest BCUT2D eigenvalue weighted by Crippen LogP contribution is 2.28. The Morgan fingerprint density at radius 3 is 2.28 bits per heavy atom. The summed E-state index contributed by atoms with van der Waals surface area (Å²) in [5, 5.41) is 5.54. The molecule has 0 bridgehead atoms. The van der Waals surface area contributed by atoms with Crippen molar-refractivity contribution in [1.29, 1.82) is 0 Å². The number of para-hydroxylation sites is 1. The molecule has 3 N–H and O–H groups in total. The van der Waals surface area contributed by atoms with Crippen molar-refractivity contribution in [3.63, 3.8) is 0 Å². The molecule has 0 heterocycles. The standard InChI is InChI=1S/C32H32ClN3O6S/c1-20-9-12-24(17-21(20)2)36-43(39,40)30-19-23(11-13-26(30)33)31(37)35-27-8-6-5-7-25(27)32(38)34-16-15-22-10-14-28(41-3)29(18-22)42-4/h5-14,17-19,36H,15-16H2,1-4H3,(H,34,38)(H,35,37). The molecule has 9 nitrogen and oxygen atoms in total. The lowest BCUT2D eigenvalue weighted by Gasteiger charge is -2.14. The number of hydrogen-bond acceptors (Lipinski definition) is 6. The highest BCUT2D eigenvalue weighted by molar-refractivity contribution is 7.92. The molecule has 43 heavy (non-hydrogen) atoms. The van der Waals surface area contributed by atoms with Gasteiger partial charge < -0.3 is 20.1 Å². The molecule has 0 fully saturated rings. The number of benzene rings is 4. The van der Waals surface area contributed by atoms with Crippen LogP contribution in [0.2, 0.25) is 5.02 Å². The normalized spacial score (nSPS) is 11.0. The lowest BCUT2D eigenvalue weighted by Crippen LogP contribution is -2.27. The molecule has 224 valence electrons. The van der Waals surface area contributed by atoms with Gasteiger partial charge in [0.05, 0.1) is 30.5 Å². The summed E-state index contributed by atoms with van der Waals surface area (Å²) < 4.78 is 39.5. The summed E-state index contributed by atoms with van der Waals surface area (Å²) in [6.07, 6.45) is 0.541. The Balaban J connectivity index is 1.46. The van der Waals surface area contributed by atoms with Crippen molar-refractivity contribution in [2.75, 3.05) is 30.8 Å². The van der Waals surface area contributed by atoms with Crippen LogP contribution in [0.25, 0.3) is 0 Å². The van der Waals surface area contributed by atoms with Gasteiger partial charge in [-0.25, -0.2) is 8.42 Å². The Labute approximate surface area is 256 Å². The van der Waals surface area contributed by atoms with Crippen molar-refractivity contribution in [1.82, 2.24) is 5.32 Å². The van der Waals surface area contributed by atoms with Gasteiger partial charge in [0.2, 0.25) is 0 Å². The van der Waals surface area contributed by atoms with E-state index in [4.69, 9.17) is 21.1 Å². The minimum absolute atomic E-state index is 0.0397. The Bertz CT molecular complexity index is 1780. The zero-order valence-corrected chi connectivity index (χ0v) is 25.7. The molecule has 0 saturated heterocycles. The quantitative estimate of drug-likeness (QED) is 0.189. The van der Waals surface area contributed by atoms with Gasteiger partial charge in [-0.15, -0.1) is 0 Å². The molecular formula is C32H32ClN3O6S. The molecule has 4 rings (SSSR count). The van der Waals surface area contributed by atoms with Gasteiger partial charge in [0.15, 0.2) is 11.5 Å². The number of amides is 2. The smallest absolute Gasteiger partial charge is 0.263 e. The van der Waals surface area contributed by atoms with Crippen LogP contribution in [0.3, 0.4) is 0 Å². The number of anilines is 2. The average molecular weight is 622 g/mol. The molecule has 4 aromatic carbocycles. The van der Waals surface area contributed by atoms with Crippen LogP contribution >= 0.6 is 11.6 Å². The van der Waals surface area contributed by atoms with Crippen LogP contribution in [0, 0.1) is 13.8 Å². The molecule has 4 aromatic rings. The number of ether oxygens (including phenoxy) is 2. The summed E-state index contributed by atoms with van der Waals surface area (Å²) >= 11 is 6.24. The highest BCUT2D eigenvalue weighted by Gasteiger charge is 2.22. The second-order valence-corrected chi connectivity index (χ2v) is 11.8. The van der Waals surface area contributed by atoms with E-state index < -0.39 is 15.9 Å². The Kier molecular flexibility index (Phi) is 9.95. The fourth-order valence-corrected chi connectivity index (χ4v) is 5.88. The predicted octanol–water partition coefficient (Wildman–Crippen LogP) is 6.00. The van der Waals surface area contributed by atoms with E-state index in [2.05, 4.69) is 15.4 Å². The van der Waals surface area contributed by atoms with Gasteiger partial charge in [0.25, 0.3) is 21.8 Å². The second-order valence-electron chi connectivity index (χ2n) is 9.74. The number of nitrogens with one attached hydrogen (secondary N) is 3. The first-order valence-electron chi connectivity index (χ1n) is 13.3. The van der Waals surface area contributed by atoms with E-state index in [1.807, 2.05) is 32.0 Å². The molecule has 0 unspecified atom stereocenters. The molecule has 2 amide bonds. The SMILES string of the molecule is COc1ccc(CCNC(=O)c2ccccc2NC(=O)c2ccc(Cl)c(S(=O)(=O)Nc3ccc(C)c(C)c3)c2)cc1OC. The zero-order chi connectivity index (χ0) is 31.1. The Morgan fingerprint density at radius 1 is 0.814 bits per heavy atom. The van der Waals surface area contributed by atoms with E-state index in [-0.39, 0.29) is 32.6 Å². The van der Waals surface area contributed by atoms with Crippen LogP contribution in [-0.4, -0.2) is 41.0 Å². The third-order valence-electron chi connectivity index (χ3n) is 6.81. The average Bonchev–Trinajstić information content (AvgIpc) is 2.99. The van der Waals surface area contributed by atoms with Gasteiger partial charge in [-0.2, -0.15) is 0 Å². The minimum atomic E-state index is -4.11. The number of methoxy groups -OCH3 is 2. The molecule has 0 spiro atoms. The van der Waals surface area contributed by atoms with E-state index in [1.165, 1.54) is 18.2 Å². The largest absolute Gasteiger partial charge is 0.493 e. The lowest BCUT2D eigenvalue weighted by molar-refractivity contribution is 0.0955. The summed E-state index contributed by atoms with van der Waals surface area (Å²) in [5.41, 5.74) is 3.83. The summed E-state index contributed by atoms with van der Waals surface area (Å²) in [4.78, 5) is 26.0. The van der Waals surface area contributed by atoms with Gasteiger partial charge in [0.1, 0.15) is 4.90 Å². The van der Waals surface area contributed by atoms with E-state index >= 15 is 0 Å². The molecule has 0 aromatic heterocycles. The molecule has 0 radical (unpaired) electrons. The van der Waals surface area contributed by atoms with E-state index in [9.17, 15) is 18.0 Å². The first kappa shape index (κ1) is 31.4. The van der Waals surface area contributed by atoms with E-state index in [0.717, 1.165) is 16.7 Å². The monoisotopic (exact) mass is 621 g/mol. The van der Waals surface area contributed by atoms with Crippen LogP contribution in [0.1, 0.15) is 37.4 Å². The number of carbonyl (C=O) groups is 2. The van der Waals surface area contributed by atoms with Crippen molar-refractivity contribution in [2.45, 2.75) is 25.2 Å². The number of aryl methyl sites for hydroxylation is 2. The Morgan fingerprint density at radius 2 is 1.56 bits per heavy atom. The van der Waals surface area contributed by atoms with Gasteiger partial charge in [-0.05, 0) is 91.6 Å². The number of carbonyl (C=O) groups excluding carboxylic acids is 2. The predicted molar refractivity (Wildman–Crippen MR) is 168 cm³/mol.